The monoisotopic (exact) mass is 268 g/mol. The molecule has 15 heavy (non-hydrogen) atoms. The number of hydrogen-bond acceptors (Lipinski definition) is 2. The van der Waals surface area contributed by atoms with Crippen molar-refractivity contribution >= 4 is 15.9 Å². The molecular formula is C12H17BrN2. The molecule has 0 aromatic heterocycles. The van der Waals surface area contributed by atoms with Crippen molar-refractivity contribution in [3.8, 4) is 0 Å². The third kappa shape index (κ3) is 2.60. The summed E-state index contributed by atoms with van der Waals surface area (Å²) >= 11 is 3.51. The summed E-state index contributed by atoms with van der Waals surface area (Å²) < 4.78 is 1.17. The van der Waals surface area contributed by atoms with E-state index in [2.05, 4.69) is 46.0 Å². The van der Waals surface area contributed by atoms with E-state index in [1.807, 2.05) is 0 Å². The minimum absolute atomic E-state index is 0.308. The Morgan fingerprint density at radius 3 is 2.87 bits per heavy atom. The van der Waals surface area contributed by atoms with Crippen LogP contribution in [0.15, 0.2) is 22.7 Å². The molecule has 0 radical (unpaired) electrons. The highest BCUT2D eigenvalue weighted by atomic mass is 79.9. The first kappa shape index (κ1) is 11.1. The number of fused-ring (bicyclic) bond motifs is 1. The lowest BCUT2D eigenvalue weighted by Gasteiger charge is -2.18. The second-order valence-electron chi connectivity index (χ2n) is 4.25. The Labute approximate surface area is 99.6 Å². The van der Waals surface area contributed by atoms with E-state index >= 15 is 0 Å². The van der Waals surface area contributed by atoms with Gasteiger partial charge in [-0.25, -0.2) is 0 Å². The summed E-state index contributed by atoms with van der Waals surface area (Å²) in [5.41, 5.74) is 8.85. The SMILES string of the molecule is CCC(N)CN1Cc2ccc(Br)cc2C1. The molecule has 0 saturated heterocycles. The molecule has 0 spiro atoms. The quantitative estimate of drug-likeness (QED) is 0.913. The van der Waals surface area contributed by atoms with Crippen molar-refractivity contribution in [3.63, 3.8) is 0 Å². The third-order valence-electron chi connectivity index (χ3n) is 2.97. The molecule has 2 nitrogen and oxygen atoms in total. The van der Waals surface area contributed by atoms with Crippen LogP contribution < -0.4 is 5.73 Å². The molecule has 0 saturated carbocycles. The lowest BCUT2D eigenvalue weighted by Crippen LogP contribution is -2.33. The van der Waals surface area contributed by atoms with Gasteiger partial charge in [0.2, 0.25) is 0 Å². The largest absolute Gasteiger partial charge is 0.327 e. The predicted molar refractivity (Wildman–Crippen MR) is 66.5 cm³/mol. The van der Waals surface area contributed by atoms with Gasteiger partial charge in [0.05, 0.1) is 0 Å². The van der Waals surface area contributed by atoms with E-state index in [9.17, 15) is 0 Å². The van der Waals surface area contributed by atoms with Crippen LogP contribution in [0.4, 0.5) is 0 Å². The molecule has 1 unspecified atom stereocenters. The van der Waals surface area contributed by atoms with E-state index in [0.717, 1.165) is 26.1 Å². The average Bonchev–Trinajstić information content (AvgIpc) is 2.59. The van der Waals surface area contributed by atoms with E-state index in [0.29, 0.717) is 6.04 Å². The Balaban J connectivity index is 2.03. The molecule has 0 amide bonds. The molecule has 1 heterocycles. The van der Waals surface area contributed by atoms with Crippen LogP contribution in [0.3, 0.4) is 0 Å². The van der Waals surface area contributed by atoms with Gasteiger partial charge in [-0.2, -0.15) is 0 Å². The molecule has 2 rings (SSSR count). The standard InChI is InChI=1S/C12H17BrN2/c1-2-12(14)8-15-6-9-3-4-11(13)5-10(9)7-15/h3-5,12H,2,6-8,14H2,1H3. The summed E-state index contributed by atoms with van der Waals surface area (Å²) in [6, 6.07) is 6.84. The van der Waals surface area contributed by atoms with Crippen molar-refractivity contribution in [1.82, 2.24) is 4.90 Å². The van der Waals surface area contributed by atoms with Crippen LogP contribution in [0, 0.1) is 0 Å². The fourth-order valence-electron chi connectivity index (χ4n) is 2.02. The maximum Gasteiger partial charge on any atom is 0.0241 e. The molecule has 2 N–H and O–H groups in total. The van der Waals surface area contributed by atoms with Crippen molar-refractivity contribution in [2.24, 2.45) is 5.73 Å². The Hall–Kier alpha value is -0.380. The minimum Gasteiger partial charge on any atom is -0.327 e. The maximum absolute atomic E-state index is 5.97. The molecule has 1 atom stereocenters. The van der Waals surface area contributed by atoms with Gasteiger partial charge in [0.25, 0.3) is 0 Å². The summed E-state index contributed by atoms with van der Waals surface area (Å²) in [6.45, 7) is 5.24. The van der Waals surface area contributed by atoms with Gasteiger partial charge in [0.15, 0.2) is 0 Å². The first-order valence-corrected chi connectivity index (χ1v) is 6.23. The smallest absolute Gasteiger partial charge is 0.0241 e. The molecule has 0 bridgehead atoms. The summed E-state index contributed by atoms with van der Waals surface area (Å²) in [6.07, 6.45) is 1.05. The van der Waals surface area contributed by atoms with Crippen LogP contribution in [0.5, 0.6) is 0 Å². The molecular weight excluding hydrogens is 252 g/mol. The van der Waals surface area contributed by atoms with Crippen molar-refractivity contribution in [2.75, 3.05) is 6.54 Å². The highest BCUT2D eigenvalue weighted by Crippen LogP contribution is 2.25. The van der Waals surface area contributed by atoms with Gasteiger partial charge in [0, 0.05) is 30.1 Å². The van der Waals surface area contributed by atoms with Crippen molar-refractivity contribution < 1.29 is 0 Å². The zero-order valence-corrected chi connectivity index (χ0v) is 10.6. The van der Waals surface area contributed by atoms with Crippen LogP contribution in [0.2, 0.25) is 0 Å². The maximum atomic E-state index is 5.97. The summed E-state index contributed by atoms with van der Waals surface area (Å²) in [4.78, 5) is 2.42. The third-order valence-corrected chi connectivity index (χ3v) is 3.47. The first-order chi connectivity index (χ1) is 7.19. The van der Waals surface area contributed by atoms with Gasteiger partial charge in [-0.3, -0.25) is 4.90 Å². The number of rotatable bonds is 3. The topological polar surface area (TPSA) is 29.3 Å². The molecule has 0 fully saturated rings. The Morgan fingerprint density at radius 1 is 1.40 bits per heavy atom. The number of hydrogen-bond donors (Lipinski definition) is 1. The van der Waals surface area contributed by atoms with E-state index < -0.39 is 0 Å². The van der Waals surface area contributed by atoms with Gasteiger partial charge < -0.3 is 5.73 Å². The van der Waals surface area contributed by atoms with Gasteiger partial charge in [0.1, 0.15) is 0 Å². The van der Waals surface area contributed by atoms with Gasteiger partial charge >= 0.3 is 0 Å². The van der Waals surface area contributed by atoms with Crippen molar-refractivity contribution in [2.45, 2.75) is 32.5 Å². The summed E-state index contributed by atoms with van der Waals surface area (Å²) in [5.74, 6) is 0. The van der Waals surface area contributed by atoms with E-state index in [1.165, 1.54) is 15.6 Å². The average molecular weight is 269 g/mol. The second kappa shape index (κ2) is 4.64. The van der Waals surface area contributed by atoms with Gasteiger partial charge in [-0.1, -0.05) is 28.9 Å². The number of nitrogens with zero attached hydrogens (tertiary/aromatic N) is 1. The minimum atomic E-state index is 0.308. The van der Waals surface area contributed by atoms with E-state index in [4.69, 9.17) is 5.73 Å². The van der Waals surface area contributed by atoms with Gasteiger partial charge in [-0.05, 0) is 29.7 Å². The lowest BCUT2D eigenvalue weighted by atomic mass is 10.1. The summed E-state index contributed by atoms with van der Waals surface area (Å²) in [5, 5.41) is 0. The fraction of sp³-hybridized carbons (Fsp3) is 0.500. The Morgan fingerprint density at radius 2 is 2.13 bits per heavy atom. The molecule has 82 valence electrons. The van der Waals surface area contributed by atoms with Crippen molar-refractivity contribution in [3.05, 3.63) is 33.8 Å². The van der Waals surface area contributed by atoms with Crippen LogP contribution in [0.25, 0.3) is 0 Å². The number of benzene rings is 1. The molecule has 1 aromatic carbocycles. The van der Waals surface area contributed by atoms with Crippen LogP contribution >= 0.6 is 15.9 Å². The van der Waals surface area contributed by atoms with Crippen LogP contribution in [0.1, 0.15) is 24.5 Å². The molecule has 1 aromatic rings. The number of halogens is 1. The number of nitrogens with two attached hydrogens (primary N) is 1. The molecule has 3 heteroatoms. The zero-order valence-electron chi connectivity index (χ0n) is 9.04. The van der Waals surface area contributed by atoms with E-state index in [1.54, 1.807) is 0 Å². The van der Waals surface area contributed by atoms with Crippen molar-refractivity contribution in [1.29, 1.82) is 0 Å². The Bertz CT molecular complexity index is 351. The van der Waals surface area contributed by atoms with Gasteiger partial charge in [-0.15, -0.1) is 0 Å². The first-order valence-electron chi connectivity index (χ1n) is 5.44. The lowest BCUT2D eigenvalue weighted by molar-refractivity contribution is 0.262. The van der Waals surface area contributed by atoms with E-state index in [-0.39, 0.29) is 0 Å². The molecule has 0 aliphatic carbocycles. The fourth-order valence-corrected chi connectivity index (χ4v) is 2.43. The zero-order chi connectivity index (χ0) is 10.8. The Kier molecular flexibility index (Phi) is 3.44. The molecule has 1 aliphatic heterocycles. The van der Waals surface area contributed by atoms with Crippen LogP contribution in [-0.2, 0) is 13.1 Å². The van der Waals surface area contributed by atoms with Crippen LogP contribution in [-0.4, -0.2) is 17.5 Å². The predicted octanol–water partition coefficient (Wildman–Crippen LogP) is 2.50. The normalized spacial score (nSPS) is 17.8. The molecule has 1 aliphatic rings. The highest BCUT2D eigenvalue weighted by molar-refractivity contribution is 9.10. The second-order valence-corrected chi connectivity index (χ2v) is 5.17. The summed E-state index contributed by atoms with van der Waals surface area (Å²) in [7, 11) is 0. The highest BCUT2D eigenvalue weighted by Gasteiger charge is 2.19.